The second kappa shape index (κ2) is 3.89. The number of hydrogen-bond acceptors (Lipinski definition) is 2. The molecule has 4 heteroatoms. The van der Waals surface area contributed by atoms with Gasteiger partial charge in [-0.15, -0.1) is 0 Å². The highest BCUT2D eigenvalue weighted by atomic mass is 19.1. The zero-order valence-corrected chi connectivity index (χ0v) is 7.17. The summed E-state index contributed by atoms with van der Waals surface area (Å²) in [5.74, 6) is -1.23. The summed E-state index contributed by atoms with van der Waals surface area (Å²) in [6.07, 6.45) is 0.244. The molecule has 3 nitrogen and oxygen atoms in total. The number of hydrogen-bond donors (Lipinski definition) is 2. The van der Waals surface area contributed by atoms with Gasteiger partial charge in [0.15, 0.2) is 5.82 Å². The number of para-hydroxylation sites is 1. The zero-order chi connectivity index (χ0) is 9.84. The molecule has 0 aliphatic heterocycles. The Labute approximate surface area is 75.2 Å². The Morgan fingerprint density at radius 2 is 2.31 bits per heavy atom. The molecule has 0 saturated heterocycles. The van der Waals surface area contributed by atoms with Gasteiger partial charge in [-0.3, -0.25) is 4.79 Å². The molecule has 0 atom stereocenters. The molecule has 1 amide bonds. The largest absolute Gasteiger partial charge is 0.506 e. The van der Waals surface area contributed by atoms with Crippen molar-refractivity contribution in [3.05, 3.63) is 24.0 Å². The highest BCUT2D eigenvalue weighted by Gasteiger charge is 2.09. The molecule has 0 spiro atoms. The third-order valence-corrected chi connectivity index (χ3v) is 1.58. The molecule has 0 heterocycles. The van der Waals surface area contributed by atoms with Crippen molar-refractivity contribution in [3.8, 4) is 5.75 Å². The zero-order valence-electron chi connectivity index (χ0n) is 7.17. The minimum atomic E-state index is -0.637. The lowest BCUT2D eigenvalue weighted by Gasteiger charge is -2.06. The highest BCUT2D eigenvalue weighted by molar-refractivity contribution is 5.92. The number of phenolic OH excluding ortho intramolecular Hbond substituents is 1. The maximum Gasteiger partial charge on any atom is 0.224 e. The van der Waals surface area contributed by atoms with Crippen LogP contribution in [-0.4, -0.2) is 11.0 Å². The van der Waals surface area contributed by atoms with Crippen LogP contribution in [-0.2, 0) is 4.79 Å². The third kappa shape index (κ3) is 2.18. The molecule has 13 heavy (non-hydrogen) atoms. The van der Waals surface area contributed by atoms with Gasteiger partial charge in [0.1, 0.15) is 11.4 Å². The number of benzene rings is 1. The number of halogens is 1. The fourth-order valence-electron chi connectivity index (χ4n) is 0.864. The Kier molecular flexibility index (Phi) is 2.84. The second-order valence-electron chi connectivity index (χ2n) is 2.54. The Morgan fingerprint density at radius 3 is 2.85 bits per heavy atom. The number of carbonyl (C=O) groups excluding carboxylic acids is 1. The van der Waals surface area contributed by atoms with Crippen molar-refractivity contribution in [2.75, 3.05) is 5.32 Å². The highest BCUT2D eigenvalue weighted by Crippen LogP contribution is 2.25. The van der Waals surface area contributed by atoms with E-state index in [0.29, 0.717) is 0 Å². The maximum atomic E-state index is 13.0. The van der Waals surface area contributed by atoms with E-state index in [0.717, 1.165) is 0 Å². The Balaban J connectivity index is 2.93. The quantitative estimate of drug-likeness (QED) is 0.688. The summed E-state index contributed by atoms with van der Waals surface area (Å²) in [6, 6.07) is 3.85. The molecule has 1 aromatic carbocycles. The van der Waals surface area contributed by atoms with Crippen molar-refractivity contribution in [2.24, 2.45) is 0 Å². The molecule has 2 N–H and O–H groups in total. The van der Waals surface area contributed by atoms with Crippen molar-refractivity contribution in [2.45, 2.75) is 13.3 Å². The van der Waals surface area contributed by atoms with Gasteiger partial charge in [0.25, 0.3) is 0 Å². The van der Waals surface area contributed by atoms with Crippen LogP contribution in [0.5, 0.6) is 5.75 Å². The van der Waals surface area contributed by atoms with E-state index in [1.165, 1.54) is 18.2 Å². The molecular formula is C9H10FNO2. The van der Waals surface area contributed by atoms with Crippen LogP contribution in [0.4, 0.5) is 10.1 Å². The number of aromatic hydroxyl groups is 1. The predicted molar refractivity (Wildman–Crippen MR) is 47.0 cm³/mol. The van der Waals surface area contributed by atoms with Gasteiger partial charge in [0, 0.05) is 6.42 Å². The van der Waals surface area contributed by atoms with Crippen molar-refractivity contribution in [1.82, 2.24) is 0 Å². The van der Waals surface area contributed by atoms with E-state index in [2.05, 4.69) is 5.32 Å². The third-order valence-electron chi connectivity index (χ3n) is 1.58. The van der Waals surface area contributed by atoms with Gasteiger partial charge >= 0.3 is 0 Å². The van der Waals surface area contributed by atoms with Gasteiger partial charge in [-0.25, -0.2) is 4.39 Å². The summed E-state index contributed by atoms with van der Waals surface area (Å²) < 4.78 is 13.0. The first kappa shape index (κ1) is 9.51. The van der Waals surface area contributed by atoms with Crippen LogP contribution >= 0.6 is 0 Å². The normalized spacial score (nSPS) is 9.69. The number of amides is 1. The lowest BCUT2D eigenvalue weighted by molar-refractivity contribution is -0.115. The van der Waals surface area contributed by atoms with Gasteiger partial charge in [-0.05, 0) is 12.1 Å². The molecule has 0 fully saturated rings. The Morgan fingerprint density at radius 1 is 1.62 bits per heavy atom. The van der Waals surface area contributed by atoms with Crippen LogP contribution in [0.25, 0.3) is 0 Å². The number of anilines is 1. The van der Waals surface area contributed by atoms with Gasteiger partial charge < -0.3 is 10.4 Å². The molecule has 1 rings (SSSR count). The molecule has 1 aromatic rings. The van der Waals surface area contributed by atoms with Gasteiger partial charge in [-0.1, -0.05) is 13.0 Å². The van der Waals surface area contributed by atoms with E-state index in [1.54, 1.807) is 6.92 Å². The summed E-state index contributed by atoms with van der Waals surface area (Å²) in [5, 5.41) is 11.4. The summed E-state index contributed by atoms with van der Waals surface area (Å²) in [7, 11) is 0. The van der Waals surface area contributed by atoms with Crippen LogP contribution < -0.4 is 5.32 Å². The topological polar surface area (TPSA) is 49.3 Å². The summed E-state index contributed by atoms with van der Waals surface area (Å²) in [6.45, 7) is 1.65. The summed E-state index contributed by atoms with van der Waals surface area (Å²) in [5.41, 5.74) is -0.158. The summed E-state index contributed by atoms with van der Waals surface area (Å²) in [4.78, 5) is 10.9. The van der Waals surface area contributed by atoms with Crippen LogP contribution in [0.3, 0.4) is 0 Å². The molecule has 70 valence electrons. The molecule has 0 saturated carbocycles. The van der Waals surface area contributed by atoms with Crippen LogP contribution in [0.1, 0.15) is 13.3 Å². The molecule has 0 bridgehead atoms. The number of rotatable bonds is 2. The lowest BCUT2D eigenvalue weighted by atomic mass is 10.2. The van der Waals surface area contributed by atoms with Crippen molar-refractivity contribution >= 4 is 11.6 Å². The van der Waals surface area contributed by atoms with Gasteiger partial charge in [0.05, 0.1) is 0 Å². The Hall–Kier alpha value is -1.58. The number of phenols is 1. The van der Waals surface area contributed by atoms with E-state index >= 15 is 0 Å². The molecule has 0 aliphatic rings. The first-order valence-corrected chi connectivity index (χ1v) is 3.92. The van der Waals surface area contributed by atoms with Crippen LogP contribution in [0.2, 0.25) is 0 Å². The number of nitrogens with one attached hydrogen (secondary N) is 1. The standard InChI is InChI=1S/C9H10FNO2/c1-2-8(13)11-9-6(10)4-3-5-7(9)12/h3-5,12H,2H2,1H3,(H,11,13). The second-order valence-corrected chi connectivity index (χ2v) is 2.54. The Bertz CT molecular complexity index is 305. The van der Waals surface area contributed by atoms with E-state index in [4.69, 9.17) is 0 Å². The van der Waals surface area contributed by atoms with Crippen LogP contribution in [0.15, 0.2) is 18.2 Å². The van der Waals surface area contributed by atoms with Gasteiger partial charge in [0.2, 0.25) is 5.91 Å². The first-order chi connectivity index (χ1) is 6.15. The van der Waals surface area contributed by atoms with E-state index in [-0.39, 0.29) is 23.8 Å². The van der Waals surface area contributed by atoms with E-state index in [9.17, 15) is 14.3 Å². The fraction of sp³-hybridized carbons (Fsp3) is 0.222. The van der Waals surface area contributed by atoms with Crippen molar-refractivity contribution in [3.63, 3.8) is 0 Å². The SMILES string of the molecule is CCC(=O)Nc1c(O)cccc1F. The van der Waals surface area contributed by atoms with Crippen LogP contribution in [0, 0.1) is 5.82 Å². The average Bonchev–Trinajstić information content (AvgIpc) is 2.11. The van der Waals surface area contributed by atoms with Crippen molar-refractivity contribution in [1.29, 1.82) is 0 Å². The maximum absolute atomic E-state index is 13.0. The van der Waals surface area contributed by atoms with Gasteiger partial charge in [-0.2, -0.15) is 0 Å². The monoisotopic (exact) mass is 183 g/mol. The molecular weight excluding hydrogens is 173 g/mol. The summed E-state index contributed by atoms with van der Waals surface area (Å²) >= 11 is 0. The van der Waals surface area contributed by atoms with E-state index < -0.39 is 5.82 Å². The van der Waals surface area contributed by atoms with E-state index in [1.807, 2.05) is 0 Å². The average molecular weight is 183 g/mol. The smallest absolute Gasteiger partial charge is 0.224 e. The molecule has 0 aromatic heterocycles. The predicted octanol–water partition coefficient (Wildman–Crippen LogP) is 1.88. The van der Waals surface area contributed by atoms with Crippen molar-refractivity contribution < 1.29 is 14.3 Å². The first-order valence-electron chi connectivity index (χ1n) is 3.92. The molecule has 0 unspecified atom stereocenters. The lowest BCUT2D eigenvalue weighted by Crippen LogP contribution is -2.10. The minimum Gasteiger partial charge on any atom is -0.506 e. The molecule has 0 aliphatic carbocycles. The molecule has 0 radical (unpaired) electrons. The number of carbonyl (C=O) groups is 1. The minimum absolute atomic E-state index is 0.158. The fourth-order valence-corrected chi connectivity index (χ4v) is 0.864.